The van der Waals surface area contributed by atoms with Crippen molar-refractivity contribution in [3.8, 4) is 5.75 Å². The predicted octanol–water partition coefficient (Wildman–Crippen LogP) is 4.47. The average Bonchev–Trinajstić information content (AvgIpc) is 3.04. The van der Waals surface area contributed by atoms with Crippen molar-refractivity contribution in [2.75, 3.05) is 7.11 Å². The Kier molecular flexibility index (Phi) is 5.96. The lowest BCUT2D eigenvalue weighted by Crippen LogP contribution is -2.29. The van der Waals surface area contributed by atoms with Crippen LogP contribution in [0.1, 0.15) is 33.9 Å². The number of ether oxygens (including phenoxy) is 1. The van der Waals surface area contributed by atoms with E-state index in [4.69, 9.17) is 4.74 Å². The summed E-state index contributed by atoms with van der Waals surface area (Å²) in [7, 11) is 1.46. The number of aliphatic hydroxyl groups is 1. The first kappa shape index (κ1) is 22.2. The molecule has 1 aliphatic heterocycles. The summed E-state index contributed by atoms with van der Waals surface area (Å²) in [6, 6.07) is 11.8. The van der Waals surface area contributed by atoms with Gasteiger partial charge in [0.1, 0.15) is 17.3 Å². The SMILES string of the molecule is COc1c(C)cc(C)cc1/C(O)=C1\C(=O)C(=O)N(Cc2cccnc2)C1c1ccccc1F. The van der Waals surface area contributed by atoms with Crippen LogP contribution in [0.3, 0.4) is 0 Å². The van der Waals surface area contributed by atoms with Gasteiger partial charge < -0.3 is 14.7 Å². The third-order valence-corrected chi connectivity index (χ3v) is 5.69. The van der Waals surface area contributed by atoms with E-state index in [1.54, 1.807) is 36.7 Å². The van der Waals surface area contributed by atoms with Crippen LogP contribution in [0.5, 0.6) is 5.75 Å². The summed E-state index contributed by atoms with van der Waals surface area (Å²) in [6.45, 7) is 3.69. The zero-order chi connectivity index (χ0) is 23.7. The maximum absolute atomic E-state index is 14.9. The van der Waals surface area contributed by atoms with E-state index in [-0.39, 0.29) is 23.2 Å². The zero-order valence-electron chi connectivity index (χ0n) is 18.5. The molecule has 7 heteroatoms. The number of amides is 1. The molecule has 2 heterocycles. The molecule has 1 aromatic heterocycles. The number of carbonyl (C=O) groups excluding carboxylic acids is 2. The summed E-state index contributed by atoms with van der Waals surface area (Å²) in [6.07, 6.45) is 3.17. The molecule has 1 aliphatic rings. The lowest BCUT2D eigenvalue weighted by atomic mass is 9.93. The molecule has 0 bridgehead atoms. The van der Waals surface area contributed by atoms with Crippen LogP contribution in [0, 0.1) is 19.7 Å². The van der Waals surface area contributed by atoms with Gasteiger partial charge in [-0.1, -0.05) is 30.3 Å². The predicted molar refractivity (Wildman–Crippen MR) is 121 cm³/mol. The molecule has 4 rings (SSSR count). The number of nitrogens with zero attached hydrogens (tertiary/aromatic N) is 2. The molecule has 0 spiro atoms. The van der Waals surface area contributed by atoms with Crippen molar-refractivity contribution in [1.29, 1.82) is 0 Å². The van der Waals surface area contributed by atoms with Crippen LogP contribution < -0.4 is 4.74 Å². The van der Waals surface area contributed by atoms with E-state index in [1.165, 1.54) is 30.2 Å². The highest BCUT2D eigenvalue weighted by atomic mass is 19.1. The second kappa shape index (κ2) is 8.86. The molecular formula is C26H23FN2O4. The van der Waals surface area contributed by atoms with Crippen LogP contribution in [-0.2, 0) is 16.1 Å². The van der Waals surface area contributed by atoms with E-state index in [2.05, 4.69) is 4.98 Å². The van der Waals surface area contributed by atoms with Crippen molar-refractivity contribution in [2.24, 2.45) is 0 Å². The van der Waals surface area contributed by atoms with Gasteiger partial charge in [0.25, 0.3) is 11.7 Å². The Bertz CT molecular complexity index is 1270. The monoisotopic (exact) mass is 446 g/mol. The first-order chi connectivity index (χ1) is 15.8. The van der Waals surface area contributed by atoms with Gasteiger partial charge in [-0.3, -0.25) is 14.6 Å². The number of ketones is 1. The van der Waals surface area contributed by atoms with Gasteiger partial charge in [-0.05, 0) is 48.7 Å². The average molecular weight is 446 g/mol. The van der Waals surface area contributed by atoms with Gasteiger partial charge in [0.15, 0.2) is 0 Å². The van der Waals surface area contributed by atoms with Crippen LogP contribution in [0.2, 0.25) is 0 Å². The summed E-state index contributed by atoms with van der Waals surface area (Å²) in [5.74, 6) is -2.32. The van der Waals surface area contributed by atoms with Crippen molar-refractivity contribution < 1.29 is 23.8 Å². The highest BCUT2D eigenvalue weighted by molar-refractivity contribution is 6.46. The summed E-state index contributed by atoms with van der Waals surface area (Å²) in [4.78, 5) is 31.6. The highest BCUT2D eigenvalue weighted by Crippen LogP contribution is 2.43. The Morgan fingerprint density at radius 3 is 2.58 bits per heavy atom. The Morgan fingerprint density at radius 1 is 1.15 bits per heavy atom. The van der Waals surface area contributed by atoms with E-state index < -0.39 is 29.3 Å². The molecule has 0 aliphatic carbocycles. The molecule has 1 unspecified atom stereocenters. The molecule has 1 saturated heterocycles. The molecule has 0 saturated carbocycles. The number of carbonyl (C=O) groups is 2. The number of hydrogen-bond acceptors (Lipinski definition) is 5. The topological polar surface area (TPSA) is 79.7 Å². The van der Waals surface area contributed by atoms with Crippen LogP contribution in [0.15, 0.2) is 66.5 Å². The molecule has 1 atom stereocenters. The van der Waals surface area contributed by atoms with Gasteiger partial charge >= 0.3 is 0 Å². The maximum Gasteiger partial charge on any atom is 0.295 e. The van der Waals surface area contributed by atoms with Crippen molar-refractivity contribution in [1.82, 2.24) is 9.88 Å². The largest absolute Gasteiger partial charge is 0.507 e. The number of aryl methyl sites for hydroxylation is 2. The minimum atomic E-state index is -1.11. The normalized spacial score (nSPS) is 17.5. The van der Waals surface area contributed by atoms with Crippen LogP contribution >= 0.6 is 0 Å². The van der Waals surface area contributed by atoms with E-state index in [0.29, 0.717) is 11.3 Å². The fourth-order valence-electron chi connectivity index (χ4n) is 4.30. The van der Waals surface area contributed by atoms with Crippen molar-refractivity contribution in [3.63, 3.8) is 0 Å². The number of rotatable bonds is 5. The first-order valence-corrected chi connectivity index (χ1v) is 10.4. The van der Waals surface area contributed by atoms with Gasteiger partial charge in [-0.15, -0.1) is 0 Å². The molecular weight excluding hydrogens is 423 g/mol. The fraction of sp³-hybridized carbons (Fsp3) is 0.192. The van der Waals surface area contributed by atoms with Crippen LogP contribution in [-0.4, -0.2) is 33.8 Å². The van der Waals surface area contributed by atoms with Gasteiger partial charge in [0.05, 0.1) is 24.3 Å². The number of methoxy groups -OCH3 is 1. The smallest absolute Gasteiger partial charge is 0.295 e. The Labute approximate surface area is 191 Å². The molecule has 33 heavy (non-hydrogen) atoms. The van der Waals surface area contributed by atoms with Gasteiger partial charge in [0, 0.05) is 24.5 Å². The van der Waals surface area contributed by atoms with Crippen molar-refractivity contribution in [3.05, 3.63) is 100 Å². The third kappa shape index (κ3) is 3.98. The van der Waals surface area contributed by atoms with E-state index >= 15 is 0 Å². The molecule has 1 fully saturated rings. The van der Waals surface area contributed by atoms with E-state index in [0.717, 1.165) is 11.1 Å². The molecule has 0 radical (unpaired) electrons. The highest BCUT2D eigenvalue weighted by Gasteiger charge is 2.47. The molecule has 168 valence electrons. The third-order valence-electron chi connectivity index (χ3n) is 5.69. The van der Waals surface area contributed by atoms with Crippen LogP contribution in [0.4, 0.5) is 4.39 Å². The summed E-state index contributed by atoms with van der Waals surface area (Å²) in [5.41, 5.74) is 2.47. The second-order valence-electron chi connectivity index (χ2n) is 7.97. The number of aliphatic hydroxyl groups excluding tert-OH is 1. The van der Waals surface area contributed by atoms with Crippen LogP contribution in [0.25, 0.3) is 5.76 Å². The summed E-state index contributed by atoms with van der Waals surface area (Å²) < 4.78 is 20.4. The molecule has 1 amide bonds. The maximum atomic E-state index is 14.9. The Balaban J connectivity index is 1.95. The Hall–Kier alpha value is -4.00. The lowest BCUT2D eigenvalue weighted by molar-refractivity contribution is -0.140. The number of aromatic nitrogens is 1. The number of halogens is 1. The number of Topliss-reactive ketones (excluding diaryl/α,β-unsaturated/α-hetero) is 1. The molecule has 1 N–H and O–H groups in total. The summed E-state index contributed by atoms with van der Waals surface area (Å²) >= 11 is 0. The minimum absolute atomic E-state index is 0.0260. The standard InChI is InChI=1S/C26H23FN2O4/c1-15-11-16(2)25(33-3)19(12-15)23(30)21-22(18-8-4-5-9-20(18)27)29(26(32)24(21)31)14-17-7-6-10-28-13-17/h4-13,22,30H,14H2,1-3H3/b23-21+. The van der Waals surface area contributed by atoms with E-state index in [1.807, 2.05) is 19.9 Å². The second-order valence-corrected chi connectivity index (χ2v) is 7.97. The van der Waals surface area contributed by atoms with Crippen molar-refractivity contribution in [2.45, 2.75) is 26.4 Å². The molecule has 6 nitrogen and oxygen atoms in total. The van der Waals surface area contributed by atoms with Gasteiger partial charge in [0.2, 0.25) is 0 Å². The zero-order valence-corrected chi connectivity index (χ0v) is 18.5. The molecule has 2 aromatic carbocycles. The fourth-order valence-corrected chi connectivity index (χ4v) is 4.30. The molecule has 3 aromatic rings. The number of likely N-dealkylation sites (tertiary alicyclic amines) is 1. The number of hydrogen-bond donors (Lipinski definition) is 1. The quantitative estimate of drug-likeness (QED) is 0.355. The van der Waals surface area contributed by atoms with E-state index in [9.17, 15) is 19.1 Å². The van der Waals surface area contributed by atoms with Gasteiger partial charge in [-0.25, -0.2) is 4.39 Å². The Morgan fingerprint density at radius 2 is 1.91 bits per heavy atom. The minimum Gasteiger partial charge on any atom is -0.507 e. The number of pyridine rings is 1. The van der Waals surface area contributed by atoms with Crippen molar-refractivity contribution >= 4 is 17.4 Å². The lowest BCUT2D eigenvalue weighted by Gasteiger charge is -2.26. The number of benzene rings is 2. The first-order valence-electron chi connectivity index (χ1n) is 10.4. The van der Waals surface area contributed by atoms with Gasteiger partial charge in [-0.2, -0.15) is 0 Å². The summed E-state index contributed by atoms with van der Waals surface area (Å²) in [5, 5.41) is 11.3.